The highest BCUT2D eigenvalue weighted by Crippen LogP contribution is 2.34. The number of benzene rings is 2. The van der Waals surface area contributed by atoms with E-state index >= 15 is 0 Å². The van der Waals surface area contributed by atoms with Gasteiger partial charge in [0, 0.05) is 32.7 Å². The van der Waals surface area contributed by atoms with Gasteiger partial charge in [0.2, 0.25) is 0 Å². The Morgan fingerprint density at radius 3 is 2.40 bits per heavy atom. The third-order valence-electron chi connectivity index (χ3n) is 6.14. The summed E-state index contributed by atoms with van der Waals surface area (Å²) >= 11 is 1.46. The van der Waals surface area contributed by atoms with Crippen LogP contribution in [-0.4, -0.2) is 69.6 Å². The van der Waals surface area contributed by atoms with Gasteiger partial charge in [-0.15, -0.1) is 0 Å². The number of anilines is 1. The van der Waals surface area contributed by atoms with Crippen molar-refractivity contribution in [2.45, 2.75) is 18.0 Å². The van der Waals surface area contributed by atoms with Crippen LogP contribution in [0.2, 0.25) is 0 Å². The first-order chi connectivity index (χ1) is 16.8. The standard InChI is InChI=1S/C25H29N3O5S2/c1-26-11-13-27(14-12-26)17-20-4-3-5-23(25(29)30)24(20)28(16-19-10-15-34-18-19)35(31,32)22-8-6-21(33-2)7-9-22/h3-10,15,18H,11-14,16-17H2,1-2H3,(H,29,30). The molecule has 4 rings (SSSR count). The summed E-state index contributed by atoms with van der Waals surface area (Å²) in [5, 5.41) is 13.8. The second-order valence-electron chi connectivity index (χ2n) is 8.52. The number of carboxylic acid groups (broad SMARTS) is 1. The normalized spacial score (nSPS) is 15.1. The van der Waals surface area contributed by atoms with E-state index < -0.39 is 16.0 Å². The number of thiophene rings is 1. The fourth-order valence-electron chi connectivity index (χ4n) is 4.14. The lowest BCUT2D eigenvalue weighted by atomic mass is 10.1. The minimum absolute atomic E-state index is 0.0257. The van der Waals surface area contributed by atoms with E-state index in [1.165, 1.54) is 41.0 Å². The van der Waals surface area contributed by atoms with E-state index in [1.54, 1.807) is 18.2 Å². The molecule has 0 aliphatic carbocycles. The molecule has 1 aliphatic heterocycles. The second kappa shape index (κ2) is 10.8. The highest BCUT2D eigenvalue weighted by Gasteiger charge is 2.31. The van der Waals surface area contributed by atoms with Gasteiger partial charge in [-0.05, 0) is 65.3 Å². The number of likely N-dealkylation sites (N-methyl/N-ethyl adjacent to an activating group) is 1. The molecule has 2 heterocycles. The van der Waals surface area contributed by atoms with Crippen LogP contribution in [0, 0.1) is 0 Å². The van der Waals surface area contributed by atoms with Crippen LogP contribution in [0.25, 0.3) is 0 Å². The van der Waals surface area contributed by atoms with Gasteiger partial charge < -0.3 is 14.7 Å². The average Bonchev–Trinajstić information content (AvgIpc) is 3.37. The van der Waals surface area contributed by atoms with Gasteiger partial charge >= 0.3 is 5.97 Å². The van der Waals surface area contributed by atoms with Crippen molar-refractivity contribution in [2.75, 3.05) is 44.6 Å². The molecule has 0 bridgehead atoms. The fraction of sp³-hybridized carbons (Fsp3) is 0.320. The molecule has 0 atom stereocenters. The van der Waals surface area contributed by atoms with Crippen molar-refractivity contribution >= 4 is 33.0 Å². The highest BCUT2D eigenvalue weighted by molar-refractivity contribution is 7.92. The van der Waals surface area contributed by atoms with Gasteiger partial charge in [-0.3, -0.25) is 9.21 Å². The minimum Gasteiger partial charge on any atom is -0.497 e. The monoisotopic (exact) mass is 515 g/mol. The molecule has 0 unspecified atom stereocenters. The number of para-hydroxylation sites is 1. The van der Waals surface area contributed by atoms with Crippen LogP contribution in [0.1, 0.15) is 21.5 Å². The molecule has 1 N–H and O–H groups in total. The van der Waals surface area contributed by atoms with Crippen molar-refractivity contribution in [3.8, 4) is 5.75 Å². The summed E-state index contributed by atoms with van der Waals surface area (Å²) < 4.78 is 34.4. The second-order valence-corrected chi connectivity index (χ2v) is 11.2. The summed E-state index contributed by atoms with van der Waals surface area (Å²) in [6.45, 7) is 3.93. The first kappa shape index (κ1) is 25.2. The van der Waals surface area contributed by atoms with E-state index in [-0.39, 0.29) is 22.7 Å². The van der Waals surface area contributed by atoms with Crippen LogP contribution in [-0.2, 0) is 23.1 Å². The average molecular weight is 516 g/mol. The molecule has 2 aromatic carbocycles. The third kappa shape index (κ3) is 5.67. The Hall–Kier alpha value is -2.92. The molecule has 1 aliphatic rings. The molecular weight excluding hydrogens is 486 g/mol. The number of hydrogen-bond acceptors (Lipinski definition) is 7. The van der Waals surface area contributed by atoms with Crippen LogP contribution >= 0.6 is 11.3 Å². The van der Waals surface area contributed by atoms with Crippen molar-refractivity contribution in [2.24, 2.45) is 0 Å². The number of methoxy groups -OCH3 is 1. The third-order valence-corrected chi connectivity index (χ3v) is 8.63. The van der Waals surface area contributed by atoms with Crippen molar-refractivity contribution in [1.82, 2.24) is 9.80 Å². The predicted molar refractivity (Wildman–Crippen MR) is 137 cm³/mol. The maximum Gasteiger partial charge on any atom is 0.337 e. The molecule has 35 heavy (non-hydrogen) atoms. The lowest BCUT2D eigenvalue weighted by Crippen LogP contribution is -2.44. The van der Waals surface area contributed by atoms with Crippen LogP contribution in [0.15, 0.2) is 64.2 Å². The summed E-state index contributed by atoms with van der Waals surface area (Å²) in [4.78, 5) is 16.8. The molecule has 1 saturated heterocycles. The number of carbonyl (C=O) groups is 1. The summed E-state index contributed by atoms with van der Waals surface area (Å²) in [5.74, 6) is -0.629. The van der Waals surface area contributed by atoms with Crippen molar-refractivity contribution in [1.29, 1.82) is 0 Å². The summed E-state index contributed by atoms with van der Waals surface area (Å²) in [7, 11) is -0.510. The predicted octanol–water partition coefficient (Wildman–Crippen LogP) is 3.60. The van der Waals surface area contributed by atoms with Crippen LogP contribution in [0.3, 0.4) is 0 Å². The summed E-state index contributed by atoms with van der Waals surface area (Å²) in [6, 6.07) is 13.0. The zero-order valence-electron chi connectivity index (χ0n) is 19.8. The first-order valence-electron chi connectivity index (χ1n) is 11.2. The van der Waals surface area contributed by atoms with Gasteiger partial charge in [0.25, 0.3) is 10.0 Å². The number of rotatable bonds is 9. The van der Waals surface area contributed by atoms with Crippen molar-refractivity contribution in [3.05, 3.63) is 76.0 Å². The van der Waals surface area contributed by atoms with E-state index in [1.807, 2.05) is 22.9 Å². The molecule has 0 saturated carbocycles. The number of hydrogen-bond donors (Lipinski definition) is 1. The summed E-state index contributed by atoms with van der Waals surface area (Å²) in [6.07, 6.45) is 0. The van der Waals surface area contributed by atoms with Crippen LogP contribution < -0.4 is 9.04 Å². The Balaban J connectivity index is 1.83. The van der Waals surface area contributed by atoms with Crippen LogP contribution in [0.5, 0.6) is 5.75 Å². The van der Waals surface area contributed by atoms with Gasteiger partial charge in [0.15, 0.2) is 0 Å². The molecule has 186 valence electrons. The Morgan fingerprint density at radius 1 is 1.09 bits per heavy atom. The van der Waals surface area contributed by atoms with Gasteiger partial charge in [-0.2, -0.15) is 11.3 Å². The van der Waals surface area contributed by atoms with E-state index in [0.29, 0.717) is 17.9 Å². The van der Waals surface area contributed by atoms with E-state index in [4.69, 9.17) is 4.74 Å². The lowest BCUT2D eigenvalue weighted by Gasteiger charge is -2.34. The molecule has 0 spiro atoms. The maximum atomic E-state index is 14.0. The molecule has 1 aromatic heterocycles. The zero-order valence-corrected chi connectivity index (χ0v) is 21.4. The number of ether oxygens (including phenoxy) is 1. The molecule has 0 amide bonds. The van der Waals surface area contributed by atoms with Crippen molar-refractivity contribution in [3.63, 3.8) is 0 Å². The zero-order chi connectivity index (χ0) is 25.0. The van der Waals surface area contributed by atoms with E-state index in [2.05, 4.69) is 16.8 Å². The first-order valence-corrected chi connectivity index (χ1v) is 13.6. The molecule has 3 aromatic rings. The number of sulfonamides is 1. The number of piperazine rings is 1. The Kier molecular flexibility index (Phi) is 7.75. The maximum absolute atomic E-state index is 14.0. The minimum atomic E-state index is -4.09. The number of aromatic carboxylic acids is 1. The lowest BCUT2D eigenvalue weighted by molar-refractivity contribution is 0.0697. The molecule has 10 heteroatoms. The van der Waals surface area contributed by atoms with E-state index in [9.17, 15) is 18.3 Å². The van der Waals surface area contributed by atoms with Gasteiger partial charge in [-0.25, -0.2) is 13.2 Å². The Morgan fingerprint density at radius 2 is 1.80 bits per heavy atom. The molecule has 8 nitrogen and oxygen atoms in total. The quantitative estimate of drug-likeness (QED) is 0.466. The molecule has 1 fully saturated rings. The largest absolute Gasteiger partial charge is 0.497 e. The number of carboxylic acids is 1. The van der Waals surface area contributed by atoms with Gasteiger partial charge in [-0.1, -0.05) is 12.1 Å². The topological polar surface area (TPSA) is 90.4 Å². The van der Waals surface area contributed by atoms with E-state index in [0.717, 1.165) is 31.7 Å². The summed E-state index contributed by atoms with van der Waals surface area (Å²) in [5.41, 5.74) is 1.63. The Bertz CT molecular complexity index is 1250. The smallest absolute Gasteiger partial charge is 0.337 e. The molecular formula is C25H29N3O5S2. The highest BCUT2D eigenvalue weighted by atomic mass is 32.2. The SMILES string of the molecule is COc1ccc(S(=O)(=O)N(Cc2ccsc2)c2c(CN3CCN(C)CC3)cccc2C(=O)O)cc1. The van der Waals surface area contributed by atoms with Crippen molar-refractivity contribution < 1.29 is 23.1 Å². The Labute approximate surface area is 210 Å². The van der Waals surface area contributed by atoms with Crippen LogP contribution in [0.4, 0.5) is 5.69 Å². The fourth-order valence-corrected chi connectivity index (χ4v) is 6.31. The van der Waals surface area contributed by atoms with Gasteiger partial charge in [0.1, 0.15) is 5.75 Å². The van der Waals surface area contributed by atoms with Gasteiger partial charge in [0.05, 0.1) is 29.8 Å². The molecule has 0 radical (unpaired) electrons. The number of nitrogens with zero attached hydrogens (tertiary/aromatic N) is 3.